The third-order valence-corrected chi connectivity index (χ3v) is 3.50. The van der Waals surface area contributed by atoms with Crippen LogP contribution in [-0.4, -0.2) is 37.2 Å². The number of aromatic nitrogens is 6. The second kappa shape index (κ2) is 5.92. The van der Waals surface area contributed by atoms with Crippen molar-refractivity contribution in [1.82, 2.24) is 30.1 Å². The summed E-state index contributed by atoms with van der Waals surface area (Å²) in [7, 11) is 1.57. The van der Waals surface area contributed by atoms with Gasteiger partial charge in [-0.15, -0.1) is 0 Å². The average Bonchev–Trinajstić information content (AvgIpc) is 3.05. The molecule has 118 valence electrons. The maximum atomic E-state index is 5.34. The van der Waals surface area contributed by atoms with Crippen molar-refractivity contribution in [3.8, 4) is 17.1 Å². The van der Waals surface area contributed by atoms with E-state index in [1.165, 1.54) is 6.33 Å². The second-order valence-corrected chi connectivity index (χ2v) is 4.98. The topological polar surface area (TPSA) is 102 Å². The molecule has 0 unspecified atom stereocenters. The molecule has 0 bridgehead atoms. The quantitative estimate of drug-likeness (QED) is 0.596. The van der Waals surface area contributed by atoms with Gasteiger partial charge in [-0.1, -0.05) is 12.1 Å². The fourth-order valence-electron chi connectivity index (χ4n) is 2.33. The first kappa shape index (κ1) is 14.1. The van der Waals surface area contributed by atoms with Crippen LogP contribution in [0.4, 0.5) is 11.6 Å². The third kappa shape index (κ3) is 2.50. The molecule has 0 fully saturated rings. The fourth-order valence-corrected chi connectivity index (χ4v) is 2.33. The van der Waals surface area contributed by atoms with Gasteiger partial charge in [0.25, 0.3) is 0 Å². The van der Waals surface area contributed by atoms with Crippen LogP contribution in [-0.2, 0) is 0 Å². The van der Waals surface area contributed by atoms with E-state index in [2.05, 4.69) is 35.5 Å². The van der Waals surface area contributed by atoms with E-state index in [0.717, 1.165) is 16.5 Å². The van der Waals surface area contributed by atoms with Crippen LogP contribution in [0.1, 0.15) is 0 Å². The number of nitrogens with zero attached hydrogens (tertiary/aromatic N) is 5. The molecule has 3 heterocycles. The average molecular weight is 319 g/mol. The van der Waals surface area contributed by atoms with Gasteiger partial charge in [-0.2, -0.15) is 5.10 Å². The zero-order chi connectivity index (χ0) is 16.4. The van der Waals surface area contributed by atoms with Crippen LogP contribution in [0.5, 0.6) is 5.75 Å². The summed E-state index contributed by atoms with van der Waals surface area (Å²) < 4.78 is 5.34. The van der Waals surface area contributed by atoms with Crippen molar-refractivity contribution >= 4 is 22.5 Å². The lowest BCUT2D eigenvalue weighted by molar-refractivity contribution is 0.413. The number of nitrogens with one attached hydrogen (secondary N) is 2. The van der Waals surface area contributed by atoms with Gasteiger partial charge in [0, 0.05) is 17.8 Å². The molecule has 0 saturated carbocycles. The van der Waals surface area contributed by atoms with E-state index in [-0.39, 0.29) is 0 Å². The minimum Gasteiger partial charge on any atom is -0.491 e. The molecule has 0 amide bonds. The smallest absolute Gasteiger partial charge is 0.179 e. The highest BCUT2D eigenvalue weighted by atomic mass is 16.5. The van der Waals surface area contributed by atoms with Gasteiger partial charge in [0.2, 0.25) is 0 Å². The molecule has 0 aliphatic rings. The number of hydrogen-bond donors (Lipinski definition) is 2. The Hall–Kier alpha value is -3.55. The van der Waals surface area contributed by atoms with Gasteiger partial charge in [0.05, 0.1) is 24.4 Å². The Labute approximate surface area is 137 Å². The number of rotatable bonds is 4. The number of benzene rings is 1. The Kier molecular flexibility index (Phi) is 3.47. The molecule has 4 aromatic rings. The minimum atomic E-state index is 0.499. The van der Waals surface area contributed by atoms with E-state index < -0.39 is 0 Å². The zero-order valence-electron chi connectivity index (χ0n) is 12.8. The van der Waals surface area contributed by atoms with Gasteiger partial charge in [0.1, 0.15) is 6.33 Å². The fraction of sp³-hybridized carbons (Fsp3) is 0.0625. The van der Waals surface area contributed by atoms with Crippen molar-refractivity contribution in [2.24, 2.45) is 0 Å². The molecule has 2 N–H and O–H groups in total. The van der Waals surface area contributed by atoms with Crippen molar-refractivity contribution in [3.05, 3.63) is 49.2 Å². The van der Waals surface area contributed by atoms with Crippen LogP contribution < -0.4 is 10.1 Å². The van der Waals surface area contributed by atoms with Gasteiger partial charge < -0.3 is 10.1 Å². The molecule has 0 atom stereocenters. The Morgan fingerprint density at radius 3 is 2.71 bits per heavy atom. The largest absolute Gasteiger partial charge is 0.491 e. The van der Waals surface area contributed by atoms with Gasteiger partial charge >= 0.3 is 0 Å². The molecule has 0 aliphatic carbocycles. The van der Waals surface area contributed by atoms with E-state index in [1.807, 2.05) is 24.3 Å². The molecule has 4 rings (SSSR count). The SMILES string of the molecule is COc1cnc(-c2cncnc2)nc1Nc1n[nH]c2ccccc12. The lowest BCUT2D eigenvalue weighted by Gasteiger charge is -2.09. The van der Waals surface area contributed by atoms with Crippen molar-refractivity contribution in [2.45, 2.75) is 0 Å². The summed E-state index contributed by atoms with van der Waals surface area (Å²) in [5, 5.41) is 11.4. The summed E-state index contributed by atoms with van der Waals surface area (Å²) in [6, 6.07) is 7.83. The predicted octanol–water partition coefficient (Wildman–Crippen LogP) is 2.56. The summed E-state index contributed by atoms with van der Waals surface area (Å²) in [6.45, 7) is 0. The Balaban J connectivity index is 1.76. The Bertz CT molecular complexity index is 984. The number of hydrogen-bond acceptors (Lipinski definition) is 7. The number of methoxy groups -OCH3 is 1. The monoisotopic (exact) mass is 319 g/mol. The van der Waals surface area contributed by atoms with E-state index in [1.54, 1.807) is 25.7 Å². The zero-order valence-corrected chi connectivity index (χ0v) is 12.8. The van der Waals surface area contributed by atoms with E-state index in [9.17, 15) is 0 Å². The molecular formula is C16H13N7O. The van der Waals surface area contributed by atoms with Crippen LogP contribution in [0.3, 0.4) is 0 Å². The Morgan fingerprint density at radius 1 is 1.04 bits per heavy atom. The maximum absolute atomic E-state index is 5.34. The summed E-state index contributed by atoms with van der Waals surface area (Å²) >= 11 is 0. The first-order valence-electron chi connectivity index (χ1n) is 7.21. The molecule has 0 saturated heterocycles. The van der Waals surface area contributed by atoms with Crippen LogP contribution in [0.25, 0.3) is 22.3 Å². The van der Waals surface area contributed by atoms with E-state index >= 15 is 0 Å². The van der Waals surface area contributed by atoms with Crippen molar-refractivity contribution in [1.29, 1.82) is 0 Å². The standard InChI is InChI=1S/C16H13N7O/c1-24-13-8-19-14(10-6-17-9-18-7-10)20-16(13)21-15-11-4-2-3-5-12(11)22-23-15/h2-9H,1H3,(H2,19,20,21,22,23). The van der Waals surface area contributed by atoms with Crippen LogP contribution >= 0.6 is 0 Å². The molecule has 3 aromatic heterocycles. The van der Waals surface area contributed by atoms with Crippen LogP contribution in [0.2, 0.25) is 0 Å². The highest BCUT2D eigenvalue weighted by Crippen LogP contribution is 2.29. The normalized spacial score (nSPS) is 10.7. The van der Waals surface area contributed by atoms with E-state index in [0.29, 0.717) is 23.2 Å². The van der Waals surface area contributed by atoms with Crippen molar-refractivity contribution in [2.75, 3.05) is 12.4 Å². The lowest BCUT2D eigenvalue weighted by atomic mass is 10.2. The molecule has 1 aromatic carbocycles. The molecule has 0 radical (unpaired) electrons. The number of aromatic amines is 1. The number of anilines is 2. The molecule has 0 aliphatic heterocycles. The molecule has 8 nitrogen and oxygen atoms in total. The number of para-hydroxylation sites is 1. The summed E-state index contributed by atoms with van der Waals surface area (Å²) in [4.78, 5) is 16.8. The summed E-state index contributed by atoms with van der Waals surface area (Å²) in [5.41, 5.74) is 1.65. The maximum Gasteiger partial charge on any atom is 0.179 e. The first-order valence-corrected chi connectivity index (χ1v) is 7.21. The minimum absolute atomic E-state index is 0.499. The second-order valence-electron chi connectivity index (χ2n) is 4.98. The van der Waals surface area contributed by atoms with E-state index in [4.69, 9.17) is 4.74 Å². The molecule has 24 heavy (non-hydrogen) atoms. The first-order chi connectivity index (χ1) is 11.8. The lowest BCUT2D eigenvalue weighted by Crippen LogP contribution is -2.01. The molecule has 8 heteroatoms. The number of ether oxygens (including phenoxy) is 1. The van der Waals surface area contributed by atoms with Crippen LogP contribution in [0.15, 0.2) is 49.2 Å². The van der Waals surface area contributed by atoms with Crippen molar-refractivity contribution < 1.29 is 4.74 Å². The van der Waals surface area contributed by atoms with Gasteiger partial charge in [-0.3, -0.25) is 5.10 Å². The van der Waals surface area contributed by atoms with Gasteiger partial charge in [-0.25, -0.2) is 19.9 Å². The summed E-state index contributed by atoms with van der Waals surface area (Å²) in [6.07, 6.45) is 6.37. The third-order valence-electron chi connectivity index (χ3n) is 3.50. The van der Waals surface area contributed by atoms with Crippen molar-refractivity contribution in [3.63, 3.8) is 0 Å². The highest BCUT2D eigenvalue weighted by Gasteiger charge is 2.13. The molecule has 0 spiro atoms. The number of fused-ring (bicyclic) bond motifs is 1. The number of H-pyrrole nitrogens is 1. The summed E-state index contributed by atoms with van der Waals surface area (Å²) in [5.74, 6) is 2.20. The molecular weight excluding hydrogens is 306 g/mol. The highest BCUT2D eigenvalue weighted by molar-refractivity contribution is 5.91. The predicted molar refractivity (Wildman–Crippen MR) is 89.0 cm³/mol. The van der Waals surface area contributed by atoms with Crippen LogP contribution in [0, 0.1) is 0 Å². The van der Waals surface area contributed by atoms with Gasteiger partial charge in [-0.05, 0) is 12.1 Å². The van der Waals surface area contributed by atoms with Gasteiger partial charge in [0.15, 0.2) is 23.2 Å². The Morgan fingerprint density at radius 2 is 1.88 bits per heavy atom.